The van der Waals surface area contributed by atoms with Gasteiger partial charge in [0.1, 0.15) is 5.75 Å². The van der Waals surface area contributed by atoms with Crippen molar-refractivity contribution in [3.63, 3.8) is 0 Å². The van der Waals surface area contributed by atoms with Gasteiger partial charge in [0, 0.05) is 22.7 Å². The van der Waals surface area contributed by atoms with Crippen molar-refractivity contribution in [3.8, 4) is 5.75 Å². The van der Waals surface area contributed by atoms with E-state index in [4.69, 9.17) is 11.6 Å². The molecular formula is C21H18ClF3N2O3. The van der Waals surface area contributed by atoms with Gasteiger partial charge in [-0.15, -0.1) is 0 Å². The Balaban J connectivity index is 1.93. The van der Waals surface area contributed by atoms with Gasteiger partial charge in [-0.05, 0) is 42.2 Å². The number of hydrogen-bond acceptors (Lipinski definition) is 4. The maximum atomic E-state index is 14.1. The van der Waals surface area contributed by atoms with Crippen LogP contribution in [0.1, 0.15) is 36.4 Å². The first-order chi connectivity index (χ1) is 14.0. The number of pyridine rings is 1. The summed E-state index contributed by atoms with van der Waals surface area (Å²) in [6, 6.07) is 8.61. The molecule has 2 aromatic carbocycles. The molecule has 0 saturated carbocycles. The average Bonchev–Trinajstić information content (AvgIpc) is 2.66. The maximum absolute atomic E-state index is 14.1. The zero-order valence-corrected chi connectivity index (χ0v) is 16.5. The Labute approximate surface area is 174 Å². The number of rotatable bonds is 2. The predicted octanol–water partition coefficient (Wildman–Crippen LogP) is 4.84. The molecule has 0 spiro atoms. The fourth-order valence-corrected chi connectivity index (χ4v) is 4.42. The number of aromatic nitrogens is 1. The molecule has 3 aromatic rings. The molecule has 0 unspecified atom stereocenters. The van der Waals surface area contributed by atoms with Crippen LogP contribution in [0.5, 0.6) is 5.75 Å². The SMILES string of the molecule is C[C@@H]1C[C@@](O)(C(F)(F)F)[C@H](Nc2cccc3[nH]c(=O)ccc23)c2ccc(Cl)c(O)c21. The minimum absolute atomic E-state index is 0.0273. The molecule has 1 aliphatic carbocycles. The number of alkyl halides is 3. The van der Waals surface area contributed by atoms with Gasteiger partial charge in [-0.3, -0.25) is 4.79 Å². The number of hydrogen-bond donors (Lipinski definition) is 4. The molecule has 0 aliphatic heterocycles. The number of fused-ring (bicyclic) bond motifs is 2. The summed E-state index contributed by atoms with van der Waals surface area (Å²) in [4.78, 5) is 14.2. The van der Waals surface area contributed by atoms with Gasteiger partial charge < -0.3 is 20.5 Å². The highest BCUT2D eigenvalue weighted by atomic mass is 35.5. The molecule has 0 bridgehead atoms. The monoisotopic (exact) mass is 438 g/mol. The van der Waals surface area contributed by atoms with Crippen LogP contribution in [-0.4, -0.2) is 27.0 Å². The van der Waals surface area contributed by atoms with Crippen LogP contribution in [0.15, 0.2) is 47.3 Å². The molecular weight excluding hydrogens is 421 g/mol. The molecule has 1 aromatic heterocycles. The fourth-order valence-electron chi connectivity index (χ4n) is 4.26. The van der Waals surface area contributed by atoms with Crippen molar-refractivity contribution >= 4 is 28.2 Å². The van der Waals surface area contributed by atoms with Crippen molar-refractivity contribution in [2.45, 2.75) is 37.1 Å². The third-order valence-corrected chi connectivity index (χ3v) is 5.96. The topological polar surface area (TPSA) is 85.4 Å². The van der Waals surface area contributed by atoms with Gasteiger partial charge >= 0.3 is 6.18 Å². The van der Waals surface area contributed by atoms with Crippen molar-refractivity contribution < 1.29 is 23.4 Å². The van der Waals surface area contributed by atoms with Crippen molar-refractivity contribution in [1.29, 1.82) is 0 Å². The highest BCUT2D eigenvalue weighted by Crippen LogP contribution is 2.55. The third kappa shape index (κ3) is 3.11. The van der Waals surface area contributed by atoms with E-state index >= 15 is 0 Å². The molecule has 9 heteroatoms. The van der Waals surface area contributed by atoms with Crippen molar-refractivity contribution in [1.82, 2.24) is 4.98 Å². The van der Waals surface area contributed by atoms with Crippen molar-refractivity contribution in [2.24, 2.45) is 0 Å². The number of H-pyrrole nitrogens is 1. The summed E-state index contributed by atoms with van der Waals surface area (Å²) < 4.78 is 42.2. The van der Waals surface area contributed by atoms with E-state index in [1.54, 1.807) is 18.2 Å². The predicted molar refractivity (Wildman–Crippen MR) is 108 cm³/mol. The van der Waals surface area contributed by atoms with E-state index in [0.717, 1.165) is 0 Å². The average molecular weight is 439 g/mol. The third-order valence-electron chi connectivity index (χ3n) is 5.66. The van der Waals surface area contributed by atoms with Crippen LogP contribution in [0.4, 0.5) is 18.9 Å². The lowest BCUT2D eigenvalue weighted by Crippen LogP contribution is -2.55. The Morgan fingerprint density at radius 2 is 1.93 bits per heavy atom. The molecule has 4 rings (SSSR count). The molecule has 0 saturated heterocycles. The van der Waals surface area contributed by atoms with E-state index in [2.05, 4.69) is 10.3 Å². The standard InChI is InChI=1S/C21H18ClF3N2O3/c1-10-9-20(30,21(23,24)25)19(12-5-7-13(22)18(29)17(10)12)27-15-4-2-3-14-11(15)6-8-16(28)26-14/h2-8,10,19,27,29-30H,9H2,1H3,(H,26,28)/t10-,19-,20+/m1/s1. The minimum Gasteiger partial charge on any atom is -0.506 e. The van der Waals surface area contributed by atoms with E-state index in [1.807, 2.05) is 0 Å². The molecule has 1 aliphatic rings. The number of phenols is 1. The molecule has 1 heterocycles. The molecule has 5 nitrogen and oxygen atoms in total. The lowest BCUT2D eigenvalue weighted by molar-refractivity contribution is -0.272. The molecule has 3 atom stereocenters. The Bertz CT molecular complexity index is 1190. The quantitative estimate of drug-likeness (QED) is 0.461. The summed E-state index contributed by atoms with van der Waals surface area (Å²) in [6.07, 6.45) is -5.60. The Morgan fingerprint density at radius 1 is 1.20 bits per heavy atom. The van der Waals surface area contributed by atoms with Gasteiger partial charge in [0.05, 0.1) is 16.6 Å². The summed E-state index contributed by atoms with van der Waals surface area (Å²) in [5.74, 6) is -1.08. The van der Waals surface area contributed by atoms with Crippen LogP contribution in [0.2, 0.25) is 5.02 Å². The van der Waals surface area contributed by atoms with Crippen LogP contribution < -0.4 is 10.9 Å². The molecule has 4 N–H and O–H groups in total. The van der Waals surface area contributed by atoms with Gasteiger partial charge in [-0.2, -0.15) is 13.2 Å². The second-order valence-electron chi connectivity index (χ2n) is 7.59. The second-order valence-corrected chi connectivity index (χ2v) is 8.00. The molecule has 30 heavy (non-hydrogen) atoms. The van der Waals surface area contributed by atoms with E-state index < -0.39 is 30.2 Å². The summed E-state index contributed by atoms with van der Waals surface area (Å²) in [5, 5.41) is 24.6. The number of benzene rings is 2. The summed E-state index contributed by atoms with van der Waals surface area (Å²) >= 11 is 5.98. The first-order valence-electron chi connectivity index (χ1n) is 9.22. The number of phenolic OH excluding ortho intramolecular Hbond substituents is 1. The molecule has 0 fully saturated rings. The normalized spacial score (nSPS) is 23.9. The van der Waals surface area contributed by atoms with Gasteiger partial charge in [-0.25, -0.2) is 0 Å². The Morgan fingerprint density at radius 3 is 2.63 bits per heavy atom. The van der Waals surface area contributed by atoms with Crippen LogP contribution in [0, 0.1) is 0 Å². The molecule has 158 valence electrons. The molecule has 0 amide bonds. The highest BCUT2D eigenvalue weighted by molar-refractivity contribution is 6.32. The van der Waals surface area contributed by atoms with Crippen LogP contribution in [0.3, 0.4) is 0 Å². The Hall–Kier alpha value is -2.71. The number of anilines is 1. The van der Waals surface area contributed by atoms with Gasteiger partial charge in [0.25, 0.3) is 0 Å². The molecule has 0 radical (unpaired) electrons. The number of aromatic hydroxyl groups is 1. The summed E-state index contributed by atoms with van der Waals surface area (Å²) in [6.45, 7) is 1.50. The lowest BCUT2D eigenvalue weighted by atomic mass is 9.70. The maximum Gasteiger partial charge on any atom is 0.419 e. The van der Waals surface area contributed by atoms with E-state index in [0.29, 0.717) is 16.6 Å². The van der Waals surface area contributed by atoms with Crippen LogP contribution in [-0.2, 0) is 0 Å². The zero-order chi connectivity index (χ0) is 21.8. The smallest absolute Gasteiger partial charge is 0.419 e. The Kier molecular flexibility index (Phi) is 4.74. The summed E-state index contributed by atoms with van der Waals surface area (Å²) in [7, 11) is 0. The second kappa shape index (κ2) is 6.92. The first-order valence-corrected chi connectivity index (χ1v) is 9.59. The van der Waals surface area contributed by atoms with Gasteiger partial charge in [0.15, 0.2) is 5.60 Å². The van der Waals surface area contributed by atoms with Crippen molar-refractivity contribution in [2.75, 3.05) is 5.32 Å². The number of halogens is 4. The van der Waals surface area contributed by atoms with Crippen LogP contribution >= 0.6 is 11.6 Å². The van der Waals surface area contributed by atoms with Crippen LogP contribution in [0.25, 0.3) is 10.9 Å². The number of nitrogens with one attached hydrogen (secondary N) is 2. The number of aliphatic hydroxyl groups is 1. The largest absolute Gasteiger partial charge is 0.506 e. The fraction of sp³-hybridized carbons (Fsp3) is 0.286. The van der Waals surface area contributed by atoms with E-state index in [1.165, 1.54) is 31.2 Å². The van der Waals surface area contributed by atoms with Crippen molar-refractivity contribution in [3.05, 3.63) is 69.0 Å². The first kappa shape index (κ1) is 20.6. The van der Waals surface area contributed by atoms with Gasteiger partial charge in [0.2, 0.25) is 5.56 Å². The summed E-state index contributed by atoms with van der Waals surface area (Å²) in [5.41, 5.74) is -2.33. The lowest BCUT2D eigenvalue weighted by Gasteiger charge is -2.45. The number of aromatic amines is 1. The highest BCUT2D eigenvalue weighted by Gasteiger charge is 2.62. The zero-order valence-electron chi connectivity index (χ0n) is 15.7. The van der Waals surface area contributed by atoms with E-state index in [9.17, 15) is 28.2 Å². The van der Waals surface area contributed by atoms with Gasteiger partial charge in [-0.1, -0.05) is 30.7 Å². The van der Waals surface area contributed by atoms with E-state index in [-0.39, 0.29) is 27.5 Å². The minimum atomic E-state index is -4.94.